The van der Waals surface area contributed by atoms with Gasteiger partial charge in [0.2, 0.25) is 0 Å². The van der Waals surface area contributed by atoms with Crippen molar-refractivity contribution >= 4 is 11.0 Å². The fourth-order valence-electron chi connectivity index (χ4n) is 2.73. The van der Waals surface area contributed by atoms with Gasteiger partial charge in [-0.2, -0.15) is 0 Å². The van der Waals surface area contributed by atoms with Gasteiger partial charge in [0, 0.05) is 30.6 Å². The molecule has 0 spiro atoms. The van der Waals surface area contributed by atoms with E-state index < -0.39 is 6.10 Å². The molecule has 1 aromatic heterocycles. The smallest absolute Gasteiger partial charge is 0.336 e. The molecule has 0 aliphatic rings. The minimum Gasteiger partial charge on any atom is -0.422 e. The van der Waals surface area contributed by atoms with E-state index in [1.807, 2.05) is 37.8 Å². The van der Waals surface area contributed by atoms with Crippen LogP contribution in [-0.4, -0.2) is 40.4 Å². The summed E-state index contributed by atoms with van der Waals surface area (Å²) in [5.41, 5.74) is 3.11. The van der Waals surface area contributed by atoms with Crippen LogP contribution in [0.1, 0.15) is 30.5 Å². The van der Waals surface area contributed by atoms with Crippen molar-refractivity contribution in [3.05, 3.63) is 45.3 Å². The highest BCUT2D eigenvalue weighted by atomic mass is 16.4. The Labute approximate surface area is 136 Å². The first-order valence-corrected chi connectivity index (χ1v) is 7.89. The van der Waals surface area contributed by atoms with Gasteiger partial charge in [0.25, 0.3) is 0 Å². The van der Waals surface area contributed by atoms with Crippen molar-refractivity contribution in [1.82, 2.24) is 4.90 Å². The third-order valence-corrected chi connectivity index (χ3v) is 4.28. The molecule has 2 N–H and O–H groups in total. The number of hydrogen-bond donors (Lipinski definition) is 2. The number of nitrogens with zero attached hydrogens (tertiary/aromatic N) is 1. The predicted molar refractivity (Wildman–Crippen MR) is 90.6 cm³/mol. The van der Waals surface area contributed by atoms with Gasteiger partial charge in [0.15, 0.2) is 0 Å². The third kappa shape index (κ3) is 3.99. The summed E-state index contributed by atoms with van der Waals surface area (Å²) < 4.78 is 5.39. The molecule has 0 radical (unpaired) electrons. The molecule has 2 rings (SSSR count). The molecular formula is C18H25NO4. The number of hydrogen-bond acceptors (Lipinski definition) is 5. The van der Waals surface area contributed by atoms with Gasteiger partial charge in [0.05, 0.1) is 12.7 Å². The molecule has 0 saturated carbocycles. The molecule has 1 heterocycles. The molecule has 1 aromatic carbocycles. The zero-order chi connectivity index (χ0) is 17.1. The van der Waals surface area contributed by atoms with E-state index in [0.29, 0.717) is 18.7 Å². The Morgan fingerprint density at radius 3 is 2.57 bits per heavy atom. The maximum Gasteiger partial charge on any atom is 0.336 e. The molecule has 5 heteroatoms. The highest BCUT2D eigenvalue weighted by Gasteiger charge is 2.18. The first-order valence-electron chi connectivity index (χ1n) is 7.89. The lowest BCUT2D eigenvalue weighted by atomic mass is 10.0. The Morgan fingerprint density at radius 2 is 1.96 bits per heavy atom. The Morgan fingerprint density at radius 1 is 1.26 bits per heavy atom. The lowest BCUT2D eigenvalue weighted by Crippen LogP contribution is -2.39. The molecule has 0 amide bonds. The Hall–Kier alpha value is -1.69. The Kier molecular flexibility index (Phi) is 5.57. The van der Waals surface area contributed by atoms with E-state index in [1.54, 1.807) is 6.92 Å². The van der Waals surface area contributed by atoms with Crippen LogP contribution in [0.3, 0.4) is 0 Å². The minimum absolute atomic E-state index is 0.00969. The van der Waals surface area contributed by atoms with Crippen molar-refractivity contribution in [1.29, 1.82) is 0 Å². The molecule has 0 fully saturated rings. The molecule has 23 heavy (non-hydrogen) atoms. The van der Waals surface area contributed by atoms with Crippen LogP contribution < -0.4 is 5.63 Å². The number of aryl methyl sites for hydroxylation is 2. The molecule has 126 valence electrons. The summed E-state index contributed by atoms with van der Waals surface area (Å²) in [5, 5.41) is 20.0. The van der Waals surface area contributed by atoms with Gasteiger partial charge in [-0.05, 0) is 44.4 Å². The fraction of sp³-hybridized carbons (Fsp3) is 0.500. The third-order valence-electron chi connectivity index (χ3n) is 4.28. The minimum atomic E-state index is -0.514. The highest BCUT2D eigenvalue weighted by Crippen LogP contribution is 2.24. The molecule has 0 bridgehead atoms. The van der Waals surface area contributed by atoms with Crippen LogP contribution in [0.15, 0.2) is 27.4 Å². The number of rotatable bonds is 6. The molecule has 0 unspecified atom stereocenters. The predicted octanol–water partition coefficient (Wildman–Crippen LogP) is 1.97. The van der Waals surface area contributed by atoms with E-state index in [-0.39, 0.29) is 18.3 Å². The Balaban J connectivity index is 2.49. The number of fused-ring (bicyclic) bond motifs is 1. The van der Waals surface area contributed by atoms with Gasteiger partial charge in [-0.15, -0.1) is 0 Å². The summed E-state index contributed by atoms with van der Waals surface area (Å²) in [4.78, 5) is 13.9. The largest absolute Gasteiger partial charge is 0.422 e. The molecule has 5 nitrogen and oxygen atoms in total. The van der Waals surface area contributed by atoms with Crippen LogP contribution in [-0.2, 0) is 6.54 Å². The van der Waals surface area contributed by atoms with Crippen molar-refractivity contribution in [2.45, 2.75) is 46.4 Å². The maximum absolute atomic E-state index is 11.9. The first kappa shape index (κ1) is 17.7. The molecule has 2 aromatic rings. The van der Waals surface area contributed by atoms with Crippen molar-refractivity contribution in [2.75, 3.05) is 13.2 Å². The first-order chi connectivity index (χ1) is 10.8. The van der Waals surface area contributed by atoms with Crippen molar-refractivity contribution in [3.63, 3.8) is 0 Å². The van der Waals surface area contributed by atoms with Gasteiger partial charge < -0.3 is 14.6 Å². The number of aliphatic hydroxyl groups is 2. The van der Waals surface area contributed by atoms with Gasteiger partial charge in [-0.25, -0.2) is 4.79 Å². The summed E-state index contributed by atoms with van der Waals surface area (Å²) in [5.74, 6) is 0. The zero-order valence-corrected chi connectivity index (χ0v) is 14.2. The lowest BCUT2D eigenvalue weighted by molar-refractivity contribution is 0.0721. The van der Waals surface area contributed by atoms with Crippen LogP contribution in [0.4, 0.5) is 0 Å². The van der Waals surface area contributed by atoms with E-state index in [2.05, 4.69) is 0 Å². The van der Waals surface area contributed by atoms with Crippen LogP contribution in [0.2, 0.25) is 0 Å². The second-order valence-electron chi connectivity index (χ2n) is 6.28. The number of benzene rings is 1. The quantitative estimate of drug-likeness (QED) is 0.796. The van der Waals surface area contributed by atoms with Gasteiger partial charge in [0.1, 0.15) is 5.58 Å². The van der Waals surface area contributed by atoms with Crippen LogP contribution in [0, 0.1) is 13.8 Å². The topological polar surface area (TPSA) is 73.9 Å². The summed E-state index contributed by atoms with van der Waals surface area (Å²) in [6.07, 6.45) is -0.514. The van der Waals surface area contributed by atoms with Crippen LogP contribution in [0.25, 0.3) is 11.0 Å². The summed E-state index contributed by atoms with van der Waals surface area (Å²) >= 11 is 0. The zero-order valence-electron chi connectivity index (χ0n) is 14.2. The van der Waals surface area contributed by atoms with Gasteiger partial charge in [-0.3, -0.25) is 4.90 Å². The summed E-state index contributed by atoms with van der Waals surface area (Å²) in [6.45, 7) is 8.41. The lowest BCUT2D eigenvalue weighted by Gasteiger charge is -2.29. The maximum atomic E-state index is 11.9. The normalized spacial score (nSPS) is 14.4. The van der Waals surface area contributed by atoms with Crippen molar-refractivity contribution in [3.8, 4) is 0 Å². The van der Waals surface area contributed by atoms with Crippen molar-refractivity contribution in [2.24, 2.45) is 0 Å². The molecular weight excluding hydrogens is 294 g/mol. The molecule has 0 saturated heterocycles. The van der Waals surface area contributed by atoms with E-state index in [4.69, 9.17) is 4.42 Å². The highest BCUT2D eigenvalue weighted by molar-refractivity contribution is 5.83. The second kappa shape index (κ2) is 7.25. The fourth-order valence-corrected chi connectivity index (χ4v) is 2.73. The van der Waals surface area contributed by atoms with E-state index in [9.17, 15) is 15.0 Å². The second-order valence-corrected chi connectivity index (χ2v) is 6.28. The molecule has 0 aliphatic heterocycles. The average molecular weight is 319 g/mol. The van der Waals surface area contributed by atoms with E-state index in [1.165, 1.54) is 6.07 Å². The average Bonchev–Trinajstić information content (AvgIpc) is 2.49. The molecule has 2 atom stereocenters. The van der Waals surface area contributed by atoms with E-state index in [0.717, 1.165) is 22.1 Å². The number of aliphatic hydroxyl groups excluding tert-OH is 2. The Bertz CT molecular complexity index is 736. The summed E-state index contributed by atoms with van der Waals surface area (Å²) in [7, 11) is 0. The van der Waals surface area contributed by atoms with Crippen molar-refractivity contribution < 1.29 is 14.6 Å². The SMILES string of the molecule is Cc1ccc2c(CN(C[C@H](C)O)[C@H](C)CO)cc(=O)oc2c1C. The standard InChI is InChI=1S/C18H25NO4/c1-11-5-6-16-15(7-17(22)23-18(16)14(11)4)9-19(8-13(3)21)12(2)10-20/h5-7,12-13,20-21H,8-10H2,1-4H3/t12-,13+/m1/s1. The van der Waals surface area contributed by atoms with Crippen LogP contribution in [0.5, 0.6) is 0 Å². The van der Waals surface area contributed by atoms with E-state index >= 15 is 0 Å². The van der Waals surface area contributed by atoms with Gasteiger partial charge in [-0.1, -0.05) is 12.1 Å². The molecule has 0 aliphatic carbocycles. The summed E-state index contributed by atoms with van der Waals surface area (Å²) in [6, 6.07) is 5.35. The monoisotopic (exact) mass is 319 g/mol. The van der Waals surface area contributed by atoms with Gasteiger partial charge >= 0.3 is 5.63 Å². The van der Waals surface area contributed by atoms with Crippen LogP contribution >= 0.6 is 0 Å².